The molecule has 0 heterocycles. The number of rotatable bonds is 4. The van der Waals surface area contributed by atoms with Crippen molar-refractivity contribution in [3.8, 4) is 0 Å². The SMILES string of the molecule is CC(C)(C)C(C(=O)O)C(C(N)C(=O)N=C=O)C(C)(C)C. The minimum absolute atomic E-state index is 0.538. The summed E-state index contributed by atoms with van der Waals surface area (Å²) in [5, 5.41) is 9.53. The monoisotopic (exact) mass is 284 g/mol. The van der Waals surface area contributed by atoms with Crippen molar-refractivity contribution in [1.82, 2.24) is 0 Å². The number of aliphatic imine (C=N–C) groups is 1. The van der Waals surface area contributed by atoms with Gasteiger partial charge in [-0.15, -0.1) is 4.99 Å². The number of aliphatic carboxylic acids is 1. The largest absolute Gasteiger partial charge is 0.481 e. The van der Waals surface area contributed by atoms with Gasteiger partial charge in [0, 0.05) is 5.92 Å². The summed E-state index contributed by atoms with van der Waals surface area (Å²) >= 11 is 0. The van der Waals surface area contributed by atoms with Gasteiger partial charge in [0.25, 0.3) is 5.91 Å². The molecule has 0 aliphatic rings. The lowest BCUT2D eigenvalue weighted by atomic mass is 9.61. The Morgan fingerprint density at radius 1 is 1.10 bits per heavy atom. The van der Waals surface area contributed by atoms with Crippen LogP contribution in [-0.2, 0) is 14.4 Å². The van der Waals surface area contributed by atoms with Gasteiger partial charge >= 0.3 is 5.97 Å². The zero-order valence-electron chi connectivity index (χ0n) is 12.9. The summed E-state index contributed by atoms with van der Waals surface area (Å²) in [4.78, 5) is 36.6. The van der Waals surface area contributed by atoms with Crippen LogP contribution in [0.15, 0.2) is 4.99 Å². The second-order valence-corrected chi connectivity index (χ2v) is 7.14. The van der Waals surface area contributed by atoms with Crippen molar-refractivity contribution in [2.24, 2.45) is 33.4 Å². The van der Waals surface area contributed by atoms with Crippen LogP contribution in [0.3, 0.4) is 0 Å². The third-order valence-corrected chi connectivity index (χ3v) is 3.39. The van der Waals surface area contributed by atoms with E-state index in [1.54, 1.807) is 20.8 Å². The predicted octanol–water partition coefficient (Wildman–Crippen LogP) is 1.59. The maximum absolute atomic E-state index is 11.7. The molecule has 0 saturated carbocycles. The summed E-state index contributed by atoms with van der Waals surface area (Å²) in [6.45, 7) is 10.8. The smallest absolute Gasteiger partial charge is 0.307 e. The molecule has 0 aromatic carbocycles. The van der Waals surface area contributed by atoms with Crippen molar-refractivity contribution in [2.45, 2.75) is 47.6 Å². The van der Waals surface area contributed by atoms with Crippen LogP contribution in [0.2, 0.25) is 0 Å². The van der Waals surface area contributed by atoms with Crippen LogP contribution in [0.25, 0.3) is 0 Å². The number of carbonyl (C=O) groups is 2. The average molecular weight is 284 g/mol. The van der Waals surface area contributed by atoms with Gasteiger partial charge in [-0.1, -0.05) is 41.5 Å². The van der Waals surface area contributed by atoms with Gasteiger partial charge in [0.15, 0.2) is 0 Å². The summed E-state index contributed by atoms with van der Waals surface area (Å²) < 4.78 is 0. The Morgan fingerprint density at radius 2 is 1.55 bits per heavy atom. The molecule has 0 fully saturated rings. The highest BCUT2D eigenvalue weighted by Crippen LogP contribution is 2.43. The third-order valence-electron chi connectivity index (χ3n) is 3.39. The fraction of sp³-hybridized carbons (Fsp3) is 0.786. The minimum atomic E-state index is -1.16. The first-order valence-corrected chi connectivity index (χ1v) is 6.44. The highest BCUT2D eigenvalue weighted by atomic mass is 16.4. The molecule has 3 N–H and O–H groups in total. The van der Waals surface area contributed by atoms with Crippen LogP contribution in [0.4, 0.5) is 0 Å². The van der Waals surface area contributed by atoms with Crippen LogP contribution in [0.5, 0.6) is 0 Å². The molecule has 0 aromatic heterocycles. The lowest BCUT2D eigenvalue weighted by Gasteiger charge is -2.43. The van der Waals surface area contributed by atoms with Crippen LogP contribution in [-0.4, -0.2) is 29.1 Å². The van der Waals surface area contributed by atoms with E-state index >= 15 is 0 Å². The van der Waals surface area contributed by atoms with Gasteiger partial charge in [-0.2, -0.15) is 0 Å². The normalized spacial score (nSPS) is 16.8. The fourth-order valence-corrected chi connectivity index (χ4v) is 2.58. The maximum atomic E-state index is 11.7. The molecule has 0 spiro atoms. The van der Waals surface area contributed by atoms with E-state index in [4.69, 9.17) is 5.73 Å². The summed E-state index contributed by atoms with van der Waals surface area (Å²) in [6.07, 6.45) is 1.16. The maximum Gasteiger partial charge on any atom is 0.307 e. The molecule has 0 aromatic rings. The lowest BCUT2D eigenvalue weighted by Crippen LogP contribution is -2.52. The van der Waals surface area contributed by atoms with E-state index in [0.29, 0.717) is 0 Å². The zero-order chi connectivity index (χ0) is 16.3. The molecule has 0 rings (SSSR count). The van der Waals surface area contributed by atoms with Crippen molar-refractivity contribution in [3.05, 3.63) is 0 Å². The first-order valence-electron chi connectivity index (χ1n) is 6.44. The van der Waals surface area contributed by atoms with Gasteiger partial charge in [0.2, 0.25) is 6.08 Å². The minimum Gasteiger partial charge on any atom is -0.481 e. The molecule has 1 amide bonds. The van der Waals surface area contributed by atoms with Gasteiger partial charge in [-0.25, -0.2) is 4.79 Å². The number of nitrogens with two attached hydrogens (primary N) is 1. The highest BCUT2D eigenvalue weighted by molar-refractivity contribution is 5.87. The van der Waals surface area contributed by atoms with Crippen molar-refractivity contribution in [2.75, 3.05) is 0 Å². The van der Waals surface area contributed by atoms with E-state index in [9.17, 15) is 19.5 Å². The molecular weight excluding hydrogens is 260 g/mol. The van der Waals surface area contributed by atoms with Crippen molar-refractivity contribution >= 4 is 18.0 Å². The van der Waals surface area contributed by atoms with Gasteiger partial charge in [0.1, 0.15) is 0 Å². The number of isocyanates is 1. The average Bonchev–Trinajstić information content (AvgIpc) is 2.20. The van der Waals surface area contributed by atoms with E-state index < -0.39 is 40.6 Å². The molecular formula is C14H24N2O4. The van der Waals surface area contributed by atoms with E-state index in [1.807, 2.05) is 20.8 Å². The predicted molar refractivity (Wildman–Crippen MR) is 74.6 cm³/mol. The third kappa shape index (κ3) is 4.54. The molecule has 0 bridgehead atoms. The van der Waals surface area contributed by atoms with Crippen molar-refractivity contribution < 1.29 is 19.5 Å². The molecule has 114 valence electrons. The number of carboxylic acids is 1. The molecule has 6 nitrogen and oxygen atoms in total. The second kappa shape index (κ2) is 6.29. The van der Waals surface area contributed by atoms with Gasteiger partial charge in [-0.05, 0) is 10.8 Å². The van der Waals surface area contributed by atoms with Gasteiger partial charge in [0.05, 0.1) is 12.0 Å². The molecule has 0 aliphatic heterocycles. The van der Waals surface area contributed by atoms with Crippen molar-refractivity contribution in [3.63, 3.8) is 0 Å². The highest BCUT2D eigenvalue weighted by Gasteiger charge is 2.48. The summed E-state index contributed by atoms with van der Waals surface area (Å²) in [5.41, 5.74) is 4.75. The van der Waals surface area contributed by atoms with E-state index in [1.165, 1.54) is 0 Å². The number of carbonyl (C=O) groups excluding carboxylic acids is 2. The topological polar surface area (TPSA) is 110 Å². The molecule has 0 aliphatic carbocycles. The Morgan fingerprint density at radius 3 is 1.80 bits per heavy atom. The Kier molecular flexibility index (Phi) is 5.81. The van der Waals surface area contributed by atoms with E-state index in [-0.39, 0.29) is 0 Å². The summed E-state index contributed by atoms with van der Waals surface area (Å²) in [5.74, 6) is -3.36. The quantitative estimate of drug-likeness (QED) is 0.601. The Hall–Kier alpha value is -1.52. The van der Waals surface area contributed by atoms with E-state index in [0.717, 1.165) is 6.08 Å². The van der Waals surface area contributed by atoms with Gasteiger partial charge < -0.3 is 10.8 Å². The molecule has 3 unspecified atom stereocenters. The van der Waals surface area contributed by atoms with Crippen molar-refractivity contribution in [1.29, 1.82) is 0 Å². The molecule has 6 heteroatoms. The Labute approximate surface area is 119 Å². The van der Waals surface area contributed by atoms with Crippen LogP contribution < -0.4 is 5.73 Å². The molecule has 20 heavy (non-hydrogen) atoms. The van der Waals surface area contributed by atoms with Gasteiger partial charge in [-0.3, -0.25) is 9.59 Å². The first-order chi connectivity index (χ1) is 8.84. The van der Waals surface area contributed by atoms with Crippen LogP contribution in [0, 0.1) is 22.7 Å². The summed E-state index contributed by atoms with van der Waals surface area (Å²) in [7, 11) is 0. The summed E-state index contributed by atoms with van der Waals surface area (Å²) in [6, 6.07) is -1.16. The molecule has 0 saturated heterocycles. The molecule has 3 atom stereocenters. The number of hydrogen-bond donors (Lipinski definition) is 2. The Balaban J connectivity index is 5.85. The van der Waals surface area contributed by atoms with Crippen LogP contribution in [0.1, 0.15) is 41.5 Å². The number of amides is 1. The van der Waals surface area contributed by atoms with Crippen LogP contribution >= 0.6 is 0 Å². The van der Waals surface area contributed by atoms with E-state index in [2.05, 4.69) is 4.99 Å². The number of hydrogen-bond acceptors (Lipinski definition) is 4. The standard InChI is InChI=1S/C14H24N2O4/c1-13(2,3)8(10(15)11(18)16-7-17)9(12(19)20)14(4,5)6/h8-10H,15H2,1-6H3,(H,19,20). The second-order valence-electron chi connectivity index (χ2n) is 7.14. The number of carboxylic acid groups (broad SMARTS) is 1. The fourth-order valence-electron chi connectivity index (χ4n) is 2.58. The molecule has 0 radical (unpaired) electrons. The zero-order valence-corrected chi connectivity index (χ0v) is 12.9. The number of nitrogens with zero attached hydrogens (tertiary/aromatic N) is 1. The first kappa shape index (κ1) is 18.5. The Bertz CT molecular complexity index is 425. The lowest BCUT2D eigenvalue weighted by molar-refractivity contribution is -0.152.